The van der Waals surface area contributed by atoms with Gasteiger partial charge in [-0.05, 0) is 42.8 Å². The number of hydrogen-bond acceptors (Lipinski definition) is 5. The van der Waals surface area contributed by atoms with Crippen LogP contribution in [0.3, 0.4) is 0 Å². The van der Waals surface area contributed by atoms with Crippen LogP contribution < -0.4 is 5.32 Å². The summed E-state index contributed by atoms with van der Waals surface area (Å²) in [5.41, 5.74) is 3.38. The fraction of sp³-hybridized carbons (Fsp3) is 0.0385. The molecule has 0 radical (unpaired) electrons. The summed E-state index contributed by atoms with van der Waals surface area (Å²) in [5, 5.41) is 2.67. The second kappa shape index (κ2) is 8.57. The van der Waals surface area contributed by atoms with Crippen molar-refractivity contribution in [3.8, 4) is 0 Å². The lowest BCUT2D eigenvalue weighted by molar-refractivity contribution is -0.111. The third-order valence-electron chi connectivity index (χ3n) is 5.33. The third-order valence-corrected chi connectivity index (χ3v) is 7.16. The van der Waals surface area contributed by atoms with E-state index >= 15 is 0 Å². The molecule has 0 aliphatic rings. The normalized spacial score (nSPS) is 11.9. The first-order valence-electron chi connectivity index (χ1n) is 10.6. The number of H-pyrrole nitrogens is 1. The molecule has 0 atom stereocenters. The second-order valence-corrected chi connectivity index (χ2v) is 9.67. The molecule has 0 saturated carbocycles. The van der Waals surface area contributed by atoms with Gasteiger partial charge < -0.3 is 10.3 Å². The molecule has 168 valence electrons. The molecule has 1 amide bonds. The number of aromatic nitrogens is 3. The van der Waals surface area contributed by atoms with Crippen molar-refractivity contribution in [2.75, 3.05) is 5.32 Å². The molecule has 3 aromatic carbocycles. The lowest BCUT2D eigenvalue weighted by Gasteiger charge is -2.07. The van der Waals surface area contributed by atoms with E-state index in [0.29, 0.717) is 11.0 Å². The van der Waals surface area contributed by atoms with Gasteiger partial charge in [-0.1, -0.05) is 60.2 Å². The van der Waals surface area contributed by atoms with E-state index in [1.54, 1.807) is 48.5 Å². The number of benzene rings is 3. The number of aryl methyl sites for hydroxylation is 1. The molecule has 0 aliphatic carbocycles. The van der Waals surface area contributed by atoms with E-state index in [2.05, 4.69) is 20.3 Å². The van der Waals surface area contributed by atoms with Gasteiger partial charge in [0, 0.05) is 6.08 Å². The van der Waals surface area contributed by atoms with Gasteiger partial charge in [-0.2, -0.15) is 0 Å². The van der Waals surface area contributed by atoms with Crippen LogP contribution in [0.5, 0.6) is 0 Å². The fourth-order valence-electron chi connectivity index (χ4n) is 3.62. The van der Waals surface area contributed by atoms with Crippen LogP contribution in [0.1, 0.15) is 11.1 Å². The summed E-state index contributed by atoms with van der Waals surface area (Å²) in [6.45, 7) is 1.88. The van der Waals surface area contributed by atoms with Crippen molar-refractivity contribution in [2.45, 2.75) is 16.7 Å². The quantitative estimate of drug-likeness (QED) is 0.357. The first-order valence-corrected chi connectivity index (χ1v) is 12.0. The highest BCUT2D eigenvalue weighted by molar-refractivity contribution is 7.92. The molecule has 34 heavy (non-hydrogen) atoms. The molecule has 0 aliphatic heterocycles. The van der Waals surface area contributed by atoms with E-state index in [4.69, 9.17) is 0 Å². The molecule has 5 aromatic rings. The maximum atomic E-state index is 13.7. The summed E-state index contributed by atoms with van der Waals surface area (Å²) in [7, 11) is -4.02. The molecule has 2 N–H and O–H groups in total. The minimum Gasteiger partial charge on any atom is -0.323 e. The molecule has 2 heterocycles. The highest BCUT2D eigenvalue weighted by Crippen LogP contribution is 2.34. The number of nitrogens with zero attached hydrogens (tertiary/aromatic N) is 2. The zero-order chi connectivity index (χ0) is 23.7. The number of sulfone groups is 1. The van der Waals surface area contributed by atoms with Gasteiger partial charge in [-0.15, -0.1) is 0 Å². The van der Waals surface area contributed by atoms with Crippen LogP contribution in [-0.4, -0.2) is 29.3 Å². The van der Waals surface area contributed by atoms with Crippen molar-refractivity contribution >= 4 is 49.8 Å². The molecule has 5 rings (SSSR count). The standard InChI is InChI=1S/C26H20N4O3S/c1-17-11-14-19(15-12-17)34(32,33)24-23-25(28-21-10-6-5-9-20(21)27-23)30-26(24)29-22(31)16-13-18-7-3-2-4-8-18/h2-16H,1H3,(H,28,30)(H,29,31)/b16-13+. The third kappa shape index (κ3) is 4.06. The summed E-state index contributed by atoms with van der Waals surface area (Å²) in [4.78, 5) is 24.7. The Balaban J connectivity index is 1.64. The summed E-state index contributed by atoms with van der Waals surface area (Å²) in [6, 6.07) is 23.0. The Morgan fingerprint density at radius 3 is 2.24 bits per heavy atom. The van der Waals surface area contributed by atoms with Crippen LogP contribution in [0.25, 0.3) is 28.3 Å². The van der Waals surface area contributed by atoms with Crippen LogP contribution in [0.15, 0.2) is 94.7 Å². The summed E-state index contributed by atoms with van der Waals surface area (Å²) in [5.74, 6) is -0.464. The number of amides is 1. The van der Waals surface area contributed by atoms with Crippen molar-refractivity contribution in [3.63, 3.8) is 0 Å². The van der Waals surface area contributed by atoms with Gasteiger partial charge in [-0.3, -0.25) is 4.79 Å². The Bertz CT molecular complexity index is 1660. The number of fused-ring (bicyclic) bond motifs is 2. The number of carbonyl (C=O) groups is 1. The van der Waals surface area contributed by atoms with Crippen molar-refractivity contribution in [3.05, 3.63) is 96.1 Å². The molecule has 0 unspecified atom stereocenters. The van der Waals surface area contributed by atoms with Gasteiger partial charge >= 0.3 is 0 Å². The molecular weight excluding hydrogens is 448 g/mol. The van der Waals surface area contributed by atoms with Crippen LogP contribution in [0.2, 0.25) is 0 Å². The van der Waals surface area contributed by atoms with Gasteiger partial charge in [0.15, 0.2) is 5.65 Å². The molecular formula is C26H20N4O3S. The van der Waals surface area contributed by atoms with E-state index in [9.17, 15) is 13.2 Å². The van der Waals surface area contributed by atoms with Gasteiger partial charge in [0.05, 0.1) is 15.9 Å². The number of hydrogen-bond donors (Lipinski definition) is 2. The molecule has 2 aromatic heterocycles. The molecule has 7 nitrogen and oxygen atoms in total. The molecule has 0 fully saturated rings. The van der Waals surface area contributed by atoms with Crippen molar-refractivity contribution in [2.24, 2.45) is 0 Å². The minimum atomic E-state index is -4.02. The van der Waals surface area contributed by atoms with Crippen LogP contribution in [-0.2, 0) is 14.6 Å². The summed E-state index contributed by atoms with van der Waals surface area (Å²) in [6.07, 6.45) is 3.00. The first kappa shape index (κ1) is 21.5. The second-order valence-electron chi connectivity index (χ2n) is 7.79. The average Bonchev–Trinajstić information content (AvgIpc) is 3.19. The van der Waals surface area contributed by atoms with Gasteiger partial charge in [0.1, 0.15) is 16.2 Å². The Morgan fingerprint density at radius 2 is 1.53 bits per heavy atom. The SMILES string of the molecule is Cc1ccc(S(=O)(=O)c2c(NC(=O)/C=C/c3ccccc3)[nH]c3nc4ccccc4nc23)cc1. The van der Waals surface area contributed by atoms with Crippen molar-refractivity contribution in [1.29, 1.82) is 0 Å². The topological polar surface area (TPSA) is 105 Å². The Hall–Kier alpha value is -4.30. The molecule has 8 heteroatoms. The van der Waals surface area contributed by atoms with E-state index in [0.717, 1.165) is 11.1 Å². The number of aromatic amines is 1. The van der Waals surface area contributed by atoms with Gasteiger partial charge in [0.25, 0.3) is 0 Å². The molecule has 0 spiro atoms. The zero-order valence-electron chi connectivity index (χ0n) is 18.2. The van der Waals surface area contributed by atoms with E-state index in [1.165, 1.54) is 6.08 Å². The van der Waals surface area contributed by atoms with Crippen LogP contribution in [0, 0.1) is 6.92 Å². The number of carbonyl (C=O) groups excluding carboxylic acids is 1. The number of nitrogens with one attached hydrogen (secondary N) is 2. The predicted octanol–water partition coefficient (Wildman–Crippen LogP) is 4.90. The monoisotopic (exact) mass is 468 g/mol. The number of para-hydroxylation sites is 2. The highest BCUT2D eigenvalue weighted by atomic mass is 32.2. The van der Waals surface area contributed by atoms with Crippen LogP contribution in [0.4, 0.5) is 5.82 Å². The maximum Gasteiger partial charge on any atom is 0.249 e. The minimum absolute atomic E-state index is 0.0218. The molecule has 0 saturated heterocycles. The summed E-state index contributed by atoms with van der Waals surface area (Å²) >= 11 is 0. The zero-order valence-corrected chi connectivity index (χ0v) is 19.0. The van der Waals surface area contributed by atoms with E-state index < -0.39 is 15.7 Å². The van der Waals surface area contributed by atoms with Crippen molar-refractivity contribution in [1.82, 2.24) is 15.0 Å². The number of anilines is 1. The Labute approximate surface area is 196 Å². The average molecular weight is 469 g/mol. The van der Waals surface area contributed by atoms with E-state index in [1.807, 2.05) is 43.3 Å². The fourth-order valence-corrected chi connectivity index (χ4v) is 5.12. The Kier molecular flexibility index (Phi) is 5.43. The largest absolute Gasteiger partial charge is 0.323 e. The molecule has 0 bridgehead atoms. The lowest BCUT2D eigenvalue weighted by atomic mass is 10.2. The maximum absolute atomic E-state index is 13.7. The first-order chi connectivity index (χ1) is 16.4. The number of rotatable bonds is 5. The lowest BCUT2D eigenvalue weighted by Crippen LogP contribution is -2.12. The predicted molar refractivity (Wildman–Crippen MR) is 132 cm³/mol. The summed E-state index contributed by atoms with van der Waals surface area (Å²) < 4.78 is 27.4. The smallest absolute Gasteiger partial charge is 0.249 e. The Morgan fingerprint density at radius 1 is 0.882 bits per heavy atom. The van der Waals surface area contributed by atoms with Gasteiger partial charge in [-0.25, -0.2) is 18.4 Å². The highest BCUT2D eigenvalue weighted by Gasteiger charge is 2.29. The van der Waals surface area contributed by atoms with Crippen molar-refractivity contribution < 1.29 is 13.2 Å². The van der Waals surface area contributed by atoms with Crippen LogP contribution >= 0.6 is 0 Å². The van der Waals surface area contributed by atoms with Gasteiger partial charge in [0.2, 0.25) is 15.7 Å². The van der Waals surface area contributed by atoms with E-state index in [-0.39, 0.29) is 26.8 Å².